The molecule has 0 unspecified atom stereocenters. The van der Waals surface area contributed by atoms with E-state index in [9.17, 15) is 19.6 Å². The molecular formula is C18H26BN5O5. The highest BCUT2D eigenvalue weighted by Crippen LogP contribution is 2.34. The number of amides is 1. The van der Waals surface area contributed by atoms with E-state index < -0.39 is 24.7 Å². The Balaban J connectivity index is 2.25. The molecule has 1 fully saturated rings. The van der Waals surface area contributed by atoms with E-state index in [1.54, 1.807) is 12.1 Å². The number of hydrogen-bond donors (Lipinski definition) is 3. The first kappa shape index (κ1) is 22.7. The van der Waals surface area contributed by atoms with Gasteiger partial charge < -0.3 is 25.4 Å². The summed E-state index contributed by atoms with van der Waals surface area (Å²) in [6.45, 7) is 1.68. The normalized spacial score (nSPS) is 22.3. The Morgan fingerprint density at radius 2 is 2.14 bits per heavy atom. The molecule has 0 bridgehead atoms. The summed E-state index contributed by atoms with van der Waals surface area (Å²) in [5.74, 6) is -1.40. The first-order chi connectivity index (χ1) is 13.8. The van der Waals surface area contributed by atoms with Gasteiger partial charge in [0, 0.05) is 18.0 Å². The maximum atomic E-state index is 12.9. The van der Waals surface area contributed by atoms with Crippen molar-refractivity contribution in [2.24, 2.45) is 16.8 Å². The highest BCUT2D eigenvalue weighted by atomic mass is 16.5. The monoisotopic (exact) mass is 403 g/mol. The number of likely N-dealkylation sites (tertiary alicyclic amines) is 1. The number of benzene rings is 1. The van der Waals surface area contributed by atoms with Crippen LogP contribution < -0.4 is 5.73 Å². The second kappa shape index (κ2) is 10.3. The van der Waals surface area contributed by atoms with E-state index in [-0.39, 0.29) is 44.3 Å². The minimum atomic E-state index is -1.60. The third-order valence-electron chi connectivity index (χ3n) is 4.92. The lowest BCUT2D eigenvalue weighted by Gasteiger charge is -2.42. The number of azide groups is 1. The van der Waals surface area contributed by atoms with E-state index in [1.165, 1.54) is 11.8 Å². The number of piperidine rings is 1. The second-order valence-corrected chi connectivity index (χ2v) is 7.42. The van der Waals surface area contributed by atoms with Gasteiger partial charge in [0.05, 0.1) is 6.04 Å². The highest BCUT2D eigenvalue weighted by molar-refractivity contribution is 6.40. The zero-order valence-corrected chi connectivity index (χ0v) is 16.3. The van der Waals surface area contributed by atoms with Crippen LogP contribution in [0.1, 0.15) is 25.3 Å². The molecule has 3 atom stereocenters. The van der Waals surface area contributed by atoms with Gasteiger partial charge in [-0.3, -0.25) is 9.59 Å². The van der Waals surface area contributed by atoms with Crippen LogP contribution in [0.25, 0.3) is 10.4 Å². The molecule has 1 amide bonds. The van der Waals surface area contributed by atoms with Crippen LogP contribution >= 0.6 is 0 Å². The maximum absolute atomic E-state index is 12.9. The molecule has 10 nitrogen and oxygen atoms in total. The summed E-state index contributed by atoms with van der Waals surface area (Å²) < 4.78 is 5.41. The Labute approximate surface area is 169 Å². The number of carbonyl (C=O) groups is 2. The lowest BCUT2D eigenvalue weighted by Crippen LogP contribution is -2.59. The fourth-order valence-electron chi connectivity index (χ4n) is 3.54. The molecule has 1 aromatic rings. The van der Waals surface area contributed by atoms with Crippen molar-refractivity contribution in [3.8, 4) is 0 Å². The number of nitrogens with zero attached hydrogens (tertiary/aromatic N) is 4. The zero-order valence-electron chi connectivity index (χ0n) is 16.3. The predicted molar refractivity (Wildman–Crippen MR) is 106 cm³/mol. The Hall–Kier alpha value is -2.59. The summed E-state index contributed by atoms with van der Waals surface area (Å²) in [4.78, 5) is 29.7. The van der Waals surface area contributed by atoms with Crippen LogP contribution in [0.2, 0.25) is 6.32 Å². The molecule has 0 aromatic heterocycles. The summed E-state index contributed by atoms with van der Waals surface area (Å²) in [5.41, 5.74) is 14.0. The molecule has 4 N–H and O–H groups in total. The number of ether oxygens (including phenoxy) is 1. The van der Waals surface area contributed by atoms with Crippen molar-refractivity contribution in [1.29, 1.82) is 0 Å². The van der Waals surface area contributed by atoms with Crippen LogP contribution in [-0.2, 0) is 20.9 Å². The van der Waals surface area contributed by atoms with Gasteiger partial charge in [-0.05, 0) is 36.7 Å². The van der Waals surface area contributed by atoms with E-state index in [4.69, 9.17) is 16.0 Å². The molecule has 1 aliphatic heterocycles. The molecule has 0 aliphatic carbocycles. The zero-order chi connectivity index (χ0) is 21.4. The van der Waals surface area contributed by atoms with Crippen molar-refractivity contribution in [3.05, 3.63) is 46.3 Å². The molecule has 156 valence electrons. The summed E-state index contributed by atoms with van der Waals surface area (Å²) in [6.07, 6.45) is 0.533. The summed E-state index contributed by atoms with van der Waals surface area (Å²) in [6, 6.07) is 8.27. The van der Waals surface area contributed by atoms with Crippen molar-refractivity contribution < 1.29 is 24.4 Å². The molecule has 1 saturated heterocycles. The van der Waals surface area contributed by atoms with Gasteiger partial charge in [-0.1, -0.05) is 41.9 Å². The number of carbonyl (C=O) groups excluding carboxylic acids is 2. The van der Waals surface area contributed by atoms with Gasteiger partial charge in [0.25, 0.3) is 0 Å². The molecular weight excluding hydrogens is 377 g/mol. The minimum Gasteiger partial charge on any atom is -0.460 e. The average molecular weight is 403 g/mol. The van der Waals surface area contributed by atoms with Crippen molar-refractivity contribution in [3.63, 3.8) is 0 Å². The fourth-order valence-corrected chi connectivity index (χ4v) is 3.54. The molecule has 11 heteroatoms. The van der Waals surface area contributed by atoms with E-state index in [1.807, 2.05) is 18.2 Å². The molecule has 1 aliphatic rings. The fraction of sp³-hybridized carbons (Fsp3) is 0.556. The van der Waals surface area contributed by atoms with Gasteiger partial charge in [0.15, 0.2) is 5.54 Å². The lowest BCUT2D eigenvalue weighted by atomic mass is 9.75. The Morgan fingerprint density at radius 1 is 1.45 bits per heavy atom. The molecule has 1 heterocycles. The first-order valence-electron chi connectivity index (χ1n) is 9.45. The van der Waals surface area contributed by atoms with Crippen molar-refractivity contribution in [1.82, 2.24) is 4.90 Å². The van der Waals surface area contributed by atoms with Gasteiger partial charge >= 0.3 is 13.1 Å². The van der Waals surface area contributed by atoms with Crippen molar-refractivity contribution in [2.45, 2.75) is 44.3 Å². The Kier molecular flexibility index (Phi) is 8.04. The minimum absolute atomic E-state index is 0.00360. The Bertz CT molecular complexity index is 756. The largest absolute Gasteiger partial charge is 0.460 e. The smallest absolute Gasteiger partial charge is 0.451 e. The number of rotatable bonds is 8. The molecule has 0 saturated carbocycles. The van der Waals surface area contributed by atoms with Crippen LogP contribution in [0.15, 0.2) is 35.4 Å². The van der Waals surface area contributed by atoms with E-state index >= 15 is 0 Å². The van der Waals surface area contributed by atoms with Gasteiger partial charge in [-0.2, -0.15) is 0 Å². The van der Waals surface area contributed by atoms with E-state index in [0.29, 0.717) is 6.42 Å². The third-order valence-corrected chi connectivity index (χ3v) is 4.92. The van der Waals surface area contributed by atoms with Crippen molar-refractivity contribution >= 4 is 19.0 Å². The molecule has 1 aromatic carbocycles. The standard InChI is InChI=1S/C18H26BN5O5/c1-13(20)16(25)24-10-15(7-8-19(27)28)9-18(12-24,22-23-21)17(26)29-11-14-5-3-2-4-6-14/h2-6,13,15,27-28H,7-12,20H2,1H3/t13-,15+,18+/m0/s1. The number of nitrogens with two attached hydrogens (primary N) is 1. The second-order valence-electron chi connectivity index (χ2n) is 7.42. The Morgan fingerprint density at radius 3 is 2.72 bits per heavy atom. The lowest BCUT2D eigenvalue weighted by molar-refractivity contribution is -0.156. The van der Waals surface area contributed by atoms with Crippen molar-refractivity contribution in [2.75, 3.05) is 13.1 Å². The predicted octanol–water partition coefficient (Wildman–Crippen LogP) is 0.838. The molecule has 0 spiro atoms. The van der Waals surface area contributed by atoms with Gasteiger partial charge in [-0.25, -0.2) is 0 Å². The molecule has 2 rings (SSSR count). The topological polar surface area (TPSA) is 162 Å². The highest BCUT2D eigenvalue weighted by Gasteiger charge is 2.48. The van der Waals surface area contributed by atoms with Crippen LogP contribution in [0, 0.1) is 5.92 Å². The quantitative estimate of drug-likeness (QED) is 0.191. The van der Waals surface area contributed by atoms with E-state index in [0.717, 1.165) is 5.56 Å². The van der Waals surface area contributed by atoms with Crippen LogP contribution in [0.5, 0.6) is 0 Å². The van der Waals surface area contributed by atoms with Gasteiger partial charge in [0.2, 0.25) is 5.91 Å². The van der Waals surface area contributed by atoms with E-state index in [2.05, 4.69) is 10.0 Å². The average Bonchev–Trinajstić information content (AvgIpc) is 2.70. The summed E-state index contributed by atoms with van der Waals surface area (Å²) >= 11 is 0. The third kappa shape index (κ3) is 6.20. The van der Waals surface area contributed by atoms with Gasteiger partial charge in [-0.15, -0.1) is 0 Å². The maximum Gasteiger partial charge on any atom is 0.451 e. The summed E-state index contributed by atoms with van der Waals surface area (Å²) in [5, 5.41) is 22.1. The SMILES string of the molecule is C[C@H](N)C(=O)N1C[C@H](CCB(O)O)C[C@](N=[N+]=[N-])(C(=O)OCc2ccccc2)C1. The van der Waals surface area contributed by atoms with Crippen LogP contribution in [0.3, 0.4) is 0 Å². The first-order valence-corrected chi connectivity index (χ1v) is 9.45. The van der Waals surface area contributed by atoms with Gasteiger partial charge in [0.1, 0.15) is 6.61 Å². The number of hydrogen-bond acceptors (Lipinski definition) is 7. The molecule has 0 radical (unpaired) electrons. The van der Waals surface area contributed by atoms with Crippen LogP contribution in [-0.4, -0.2) is 58.6 Å². The number of esters is 1. The molecule has 29 heavy (non-hydrogen) atoms. The summed E-state index contributed by atoms with van der Waals surface area (Å²) in [7, 11) is -1.51. The van der Waals surface area contributed by atoms with Crippen LogP contribution in [0.4, 0.5) is 0 Å².